The quantitative estimate of drug-likeness (QED) is 0.757. The van der Waals surface area contributed by atoms with Gasteiger partial charge in [-0.15, -0.1) is 0 Å². The van der Waals surface area contributed by atoms with Crippen LogP contribution in [-0.2, 0) is 0 Å². The molecule has 1 heterocycles. The van der Waals surface area contributed by atoms with Gasteiger partial charge in [0.25, 0.3) is 0 Å². The summed E-state index contributed by atoms with van der Waals surface area (Å²) in [6, 6.07) is 3.66. The Balaban J connectivity index is 2.83. The lowest BCUT2D eigenvalue weighted by Gasteiger charge is -2.03. The molecule has 13 heavy (non-hydrogen) atoms. The zero-order valence-electron chi connectivity index (χ0n) is 7.83. The Kier molecular flexibility index (Phi) is 3.21. The van der Waals surface area contributed by atoms with E-state index in [9.17, 15) is 0 Å². The van der Waals surface area contributed by atoms with Crippen LogP contribution >= 0.6 is 0 Å². The number of nitriles is 1. The molecule has 0 unspecified atom stereocenters. The topological polar surface area (TPSA) is 61.6 Å². The molecule has 0 aliphatic heterocycles. The Morgan fingerprint density at radius 1 is 1.54 bits per heavy atom. The fourth-order valence-electron chi connectivity index (χ4n) is 0.942. The number of aryl methyl sites for hydroxylation is 1. The van der Waals surface area contributed by atoms with E-state index in [1.165, 1.54) is 0 Å². The van der Waals surface area contributed by atoms with Crippen molar-refractivity contribution in [3.63, 3.8) is 0 Å². The average molecular weight is 176 g/mol. The van der Waals surface area contributed by atoms with Crippen molar-refractivity contribution in [1.82, 2.24) is 9.97 Å². The predicted octanol–water partition coefficient (Wildman–Crippen LogP) is 1.48. The summed E-state index contributed by atoms with van der Waals surface area (Å²) in [7, 11) is 0. The van der Waals surface area contributed by atoms with Gasteiger partial charge >= 0.3 is 0 Å². The summed E-state index contributed by atoms with van der Waals surface area (Å²) in [5, 5.41) is 11.7. The van der Waals surface area contributed by atoms with Crippen molar-refractivity contribution in [2.45, 2.75) is 20.3 Å². The third-order valence-electron chi connectivity index (χ3n) is 1.50. The minimum atomic E-state index is 0.408. The monoisotopic (exact) mass is 176 g/mol. The second kappa shape index (κ2) is 4.41. The third kappa shape index (κ3) is 2.71. The van der Waals surface area contributed by atoms with E-state index in [4.69, 9.17) is 5.26 Å². The molecule has 0 amide bonds. The summed E-state index contributed by atoms with van der Waals surface area (Å²) in [4.78, 5) is 8.15. The SMILES string of the molecule is CCCNc1nc(C)cc(C#N)n1. The highest BCUT2D eigenvalue weighted by atomic mass is 15.1. The molecule has 0 saturated carbocycles. The van der Waals surface area contributed by atoms with Crippen molar-refractivity contribution in [3.05, 3.63) is 17.5 Å². The van der Waals surface area contributed by atoms with E-state index in [0.29, 0.717) is 11.6 Å². The molecule has 4 nitrogen and oxygen atoms in total. The van der Waals surface area contributed by atoms with Gasteiger partial charge < -0.3 is 5.32 Å². The molecule has 0 radical (unpaired) electrons. The molecule has 0 fully saturated rings. The molecule has 1 aromatic rings. The van der Waals surface area contributed by atoms with Gasteiger partial charge in [-0.3, -0.25) is 0 Å². The number of rotatable bonds is 3. The van der Waals surface area contributed by atoms with Gasteiger partial charge in [0.15, 0.2) is 0 Å². The van der Waals surface area contributed by atoms with E-state index < -0.39 is 0 Å². The van der Waals surface area contributed by atoms with Crippen LogP contribution in [0.25, 0.3) is 0 Å². The lowest BCUT2D eigenvalue weighted by molar-refractivity contribution is 0.943. The van der Waals surface area contributed by atoms with E-state index in [-0.39, 0.29) is 0 Å². The van der Waals surface area contributed by atoms with Crippen LogP contribution in [0.4, 0.5) is 5.95 Å². The molecule has 4 heteroatoms. The van der Waals surface area contributed by atoms with Gasteiger partial charge in [-0.25, -0.2) is 9.97 Å². The highest BCUT2D eigenvalue weighted by Gasteiger charge is 1.99. The number of aromatic nitrogens is 2. The predicted molar refractivity (Wildman–Crippen MR) is 50.3 cm³/mol. The maximum absolute atomic E-state index is 8.64. The van der Waals surface area contributed by atoms with Gasteiger partial charge in [-0.05, 0) is 19.4 Å². The molecule has 0 aromatic carbocycles. The lowest BCUT2D eigenvalue weighted by Crippen LogP contribution is -2.05. The number of anilines is 1. The second-order valence-electron chi connectivity index (χ2n) is 2.76. The second-order valence-corrected chi connectivity index (χ2v) is 2.76. The van der Waals surface area contributed by atoms with Crippen molar-refractivity contribution in [2.75, 3.05) is 11.9 Å². The van der Waals surface area contributed by atoms with Gasteiger partial charge in [0.2, 0.25) is 5.95 Å². The summed E-state index contributed by atoms with van der Waals surface area (Å²) in [6.07, 6.45) is 1.01. The van der Waals surface area contributed by atoms with Crippen molar-refractivity contribution >= 4 is 5.95 Å². The molecule has 0 spiro atoms. The Bertz CT molecular complexity index is 327. The van der Waals surface area contributed by atoms with E-state index in [1.54, 1.807) is 6.07 Å². The summed E-state index contributed by atoms with van der Waals surface area (Å²) in [5.41, 5.74) is 1.22. The van der Waals surface area contributed by atoms with Crippen LogP contribution in [0.5, 0.6) is 0 Å². The Hall–Kier alpha value is -1.63. The van der Waals surface area contributed by atoms with Crippen LogP contribution in [0.1, 0.15) is 24.7 Å². The summed E-state index contributed by atoms with van der Waals surface area (Å²) >= 11 is 0. The molecule has 0 aliphatic rings. The van der Waals surface area contributed by atoms with Crippen molar-refractivity contribution in [3.8, 4) is 6.07 Å². The first kappa shape index (κ1) is 9.46. The van der Waals surface area contributed by atoms with Gasteiger partial charge in [0.1, 0.15) is 11.8 Å². The fourth-order valence-corrected chi connectivity index (χ4v) is 0.942. The molecular weight excluding hydrogens is 164 g/mol. The molecular formula is C9H12N4. The molecule has 1 rings (SSSR count). The average Bonchev–Trinajstić information content (AvgIpc) is 2.14. The van der Waals surface area contributed by atoms with Gasteiger partial charge in [0, 0.05) is 12.2 Å². The van der Waals surface area contributed by atoms with E-state index in [1.807, 2.05) is 13.0 Å². The third-order valence-corrected chi connectivity index (χ3v) is 1.50. The van der Waals surface area contributed by atoms with Crippen LogP contribution in [0.3, 0.4) is 0 Å². The highest BCUT2D eigenvalue weighted by molar-refractivity contribution is 5.32. The standard InChI is InChI=1S/C9H12N4/c1-3-4-11-9-12-7(2)5-8(6-10)13-9/h5H,3-4H2,1-2H3,(H,11,12,13). The van der Waals surface area contributed by atoms with Crippen molar-refractivity contribution in [1.29, 1.82) is 5.26 Å². The summed E-state index contributed by atoms with van der Waals surface area (Å²) < 4.78 is 0. The smallest absolute Gasteiger partial charge is 0.224 e. The zero-order valence-corrected chi connectivity index (χ0v) is 7.83. The maximum Gasteiger partial charge on any atom is 0.224 e. The Labute approximate surface area is 77.6 Å². The maximum atomic E-state index is 8.64. The van der Waals surface area contributed by atoms with Crippen LogP contribution in [-0.4, -0.2) is 16.5 Å². The number of nitrogens with zero attached hydrogens (tertiary/aromatic N) is 3. The Morgan fingerprint density at radius 2 is 2.31 bits per heavy atom. The van der Waals surface area contributed by atoms with E-state index in [0.717, 1.165) is 18.7 Å². The molecule has 0 saturated heterocycles. The molecule has 0 aliphatic carbocycles. The molecule has 68 valence electrons. The molecule has 0 bridgehead atoms. The molecule has 1 aromatic heterocycles. The number of hydrogen-bond acceptors (Lipinski definition) is 4. The highest BCUT2D eigenvalue weighted by Crippen LogP contribution is 2.03. The Morgan fingerprint density at radius 3 is 2.92 bits per heavy atom. The van der Waals surface area contributed by atoms with Crippen LogP contribution < -0.4 is 5.32 Å². The van der Waals surface area contributed by atoms with Gasteiger partial charge in [-0.2, -0.15) is 5.26 Å². The molecule has 0 atom stereocenters. The first-order valence-electron chi connectivity index (χ1n) is 4.26. The van der Waals surface area contributed by atoms with Crippen molar-refractivity contribution in [2.24, 2.45) is 0 Å². The zero-order chi connectivity index (χ0) is 9.68. The number of nitrogens with one attached hydrogen (secondary N) is 1. The van der Waals surface area contributed by atoms with Gasteiger partial charge in [0.05, 0.1) is 0 Å². The lowest BCUT2D eigenvalue weighted by atomic mass is 10.3. The minimum Gasteiger partial charge on any atom is -0.354 e. The van der Waals surface area contributed by atoms with Gasteiger partial charge in [-0.1, -0.05) is 6.92 Å². The first-order valence-corrected chi connectivity index (χ1v) is 4.26. The van der Waals surface area contributed by atoms with Crippen LogP contribution in [0.2, 0.25) is 0 Å². The van der Waals surface area contributed by atoms with E-state index in [2.05, 4.69) is 22.2 Å². The fraction of sp³-hybridized carbons (Fsp3) is 0.444. The van der Waals surface area contributed by atoms with E-state index >= 15 is 0 Å². The minimum absolute atomic E-state index is 0.408. The van der Waals surface area contributed by atoms with Crippen molar-refractivity contribution < 1.29 is 0 Å². The molecule has 1 N–H and O–H groups in total. The largest absolute Gasteiger partial charge is 0.354 e. The summed E-state index contributed by atoms with van der Waals surface area (Å²) in [6.45, 7) is 4.74. The first-order chi connectivity index (χ1) is 6.26. The van der Waals surface area contributed by atoms with Crippen LogP contribution in [0.15, 0.2) is 6.07 Å². The summed E-state index contributed by atoms with van der Waals surface area (Å²) in [5.74, 6) is 0.540. The normalized spacial score (nSPS) is 9.31. The number of hydrogen-bond donors (Lipinski definition) is 1. The van der Waals surface area contributed by atoms with Crippen LogP contribution in [0, 0.1) is 18.3 Å².